The Kier molecular flexibility index (Phi) is 3.51. The van der Waals surface area contributed by atoms with Gasteiger partial charge in [-0.3, -0.25) is 0 Å². The summed E-state index contributed by atoms with van der Waals surface area (Å²) < 4.78 is 38.8. The average molecular weight is 246 g/mol. The van der Waals surface area contributed by atoms with Crippen molar-refractivity contribution in [3.8, 4) is 0 Å². The van der Waals surface area contributed by atoms with E-state index in [-0.39, 0.29) is 11.9 Å². The zero-order valence-electron chi connectivity index (χ0n) is 9.09. The largest absolute Gasteiger partial charge is 0.391 e. The molecule has 2 rings (SSSR count). The Morgan fingerprint density at radius 2 is 1.88 bits per heavy atom. The Bertz CT molecular complexity index is 414. The fraction of sp³-hybridized carbons (Fsp3) is 0.545. The van der Waals surface area contributed by atoms with E-state index >= 15 is 0 Å². The molecule has 17 heavy (non-hydrogen) atoms. The topological polar surface area (TPSA) is 45.1 Å². The summed E-state index contributed by atoms with van der Waals surface area (Å²) in [5, 5.41) is 12.3. The van der Waals surface area contributed by atoms with Crippen molar-refractivity contribution >= 4 is 5.82 Å². The highest BCUT2D eigenvalue weighted by Gasteiger charge is 2.24. The van der Waals surface area contributed by atoms with E-state index < -0.39 is 23.7 Å². The maximum Gasteiger partial charge on any atom is 0.251 e. The van der Waals surface area contributed by atoms with E-state index in [0.29, 0.717) is 18.9 Å². The van der Waals surface area contributed by atoms with Gasteiger partial charge in [0.05, 0.1) is 12.1 Å². The van der Waals surface area contributed by atoms with Crippen LogP contribution in [0.15, 0.2) is 6.07 Å². The van der Waals surface area contributed by atoms with E-state index in [0.717, 1.165) is 12.8 Å². The van der Waals surface area contributed by atoms with Crippen LogP contribution in [-0.4, -0.2) is 22.2 Å². The fourth-order valence-electron chi connectivity index (χ4n) is 2.00. The highest BCUT2D eigenvalue weighted by molar-refractivity contribution is 5.37. The number of nitrogens with one attached hydrogen (secondary N) is 1. The smallest absolute Gasteiger partial charge is 0.251 e. The Labute approximate surface area is 96.7 Å². The van der Waals surface area contributed by atoms with Crippen LogP contribution in [0, 0.1) is 17.6 Å². The highest BCUT2D eigenvalue weighted by Crippen LogP contribution is 2.23. The number of rotatable bonds is 2. The van der Waals surface area contributed by atoms with Crippen molar-refractivity contribution in [3.63, 3.8) is 0 Å². The molecule has 0 radical (unpaired) electrons. The normalized spacial score (nSPS) is 24.7. The molecule has 1 heterocycles. The molecule has 0 saturated heterocycles. The fourth-order valence-corrected chi connectivity index (χ4v) is 2.00. The molecule has 1 aliphatic carbocycles. The van der Waals surface area contributed by atoms with Crippen LogP contribution < -0.4 is 5.32 Å². The lowest BCUT2D eigenvalue weighted by molar-refractivity contribution is 0.116. The Morgan fingerprint density at radius 1 is 1.18 bits per heavy atom. The maximum absolute atomic E-state index is 13.3. The molecule has 0 spiro atoms. The second-order valence-electron chi connectivity index (χ2n) is 4.19. The summed E-state index contributed by atoms with van der Waals surface area (Å²) in [4.78, 5) is 3.16. The van der Waals surface area contributed by atoms with Crippen LogP contribution in [0.2, 0.25) is 0 Å². The number of halogens is 3. The van der Waals surface area contributed by atoms with Crippen molar-refractivity contribution in [1.82, 2.24) is 4.98 Å². The number of hydrogen-bond acceptors (Lipinski definition) is 3. The number of nitrogens with zero attached hydrogens (tertiary/aromatic N) is 1. The Morgan fingerprint density at radius 3 is 2.59 bits per heavy atom. The first-order valence-corrected chi connectivity index (χ1v) is 5.54. The van der Waals surface area contributed by atoms with Crippen molar-refractivity contribution in [2.24, 2.45) is 0 Å². The first-order chi connectivity index (χ1) is 8.08. The number of aromatic nitrogens is 1. The SMILES string of the molecule is OC1CCCCC1Nc1nc(F)c(F)cc1F. The molecule has 3 nitrogen and oxygen atoms in total. The predicted molar refractivity (Wildman–Crippen MR) is 56.0 cm³/mol. The highest BCUT2D eigenvalue weighted by atomic mass is 19.2. The van der Waals surface area contributed by atoms with E-state index in [1.54, 1.807) is 0 Å². The zero-order valence-corrected chi connectivity index (χ0v) is 9.09. The predicted octanol–water partition coefficient (Wildman–Crippen LogP) is 2.21. The lowest BCUT2D eigenvalue weighted by Gasteiger charge is -2.28. The molecule has 0 aliphatic heterocycles. The van der Waals surface area contributed by atoms with Gasteiger partial charge < -0.3 is 10.4 Å². The van der Waals surface area contributed by atoms with Gasteiger partial charge in [0.1, 0.15) is 0 Å². The second kappa shape index (κ2) is 4.91. The number of pyridine rings is 1. The molecule has 94 valence electrons. The van der Waals surface area contributed by atoms with E-state index in [1.165, 1.54) is 0 Å². The minimum absolute atomic E-state index is 0.352. The number of hydrogen-bond donors (Lipinski definition) is 2. The van der Waals surface area contributed by atoms with Crippen molar-refractivity contribution in [3.05, 3.63) is 23.6 Å². The molecule has 0 aromatic carbocycles. The summed E-state index contributed by atoms with van der Waals surface area (Å²) >= 11 is 0. The lowest BCUT2D eigenvalue weighted by Crippen LogP contribution is -2.37. The van der Waals surface area contributed by atoms with Crippen LogP contribution in [0.3, 0.4) is 0 Å². The average Bonchev–Trinajstić information content (AvgIpc) is 2.29. The third-order valence-corrected chi connectivity index (χ3v) is 2.94. The summed E-state index contributed by atoms with van der Waals surface area (Å²) in [6.07, 6.45) is 2.47. The summed E-state index contributed by atoms with van der Waals surface area (Å²) in [7, 11) is 0. The molecule has 2 N–H and O–H groups in total. The standard InChI is InChI=1S/C11H13F3N2O/c12-6-5-7(13)11(16-10(6)14)15-8-3-1-2-4-9(8)17/h5,8-9,17H,1-4H2,(H,15,16). The van der Waals surface area contributed by atoms with Gasteiger partial charge in [0.25, 0.3) is 5.95 Å². The minimum Gasteiger partial charge on any atom is -0.391 e. The molecule has 1 aliphatic rings. The molecule has 2 unspecified atom stereocenters. The van der Waals surface area contributed by atoms with Crippen molar-refractivity contribution in [1.29, 1.82) is 0 Å². The van der Waals surface area contributed by atoms with Gasteiger partial charge in [-0.1, -0.05) is 12.8 Å². The molecule has 1 aromatic rings. The van der Waals surface area contributed by atoms with Gasteiger partial charge in [-0.05, 0) is 12.8 Å². The van der Waals surface area contributed by atoms with Gasteiger partial charge in [0, 0.05) is 6.07 Å². The summed E-state index contributed by atoms with van der Waals surface area (Å²) in [6, 6.07) is 0.0791. The van der Waals surface area contributed by atoms with Gasteiger partial charge in [-0.25, -0.2) is 8.78 Å². The first kappa shape index (κ1) is 12.2. The molecule has 0 amide bonds. The molecule has 1 fully saturated rings. The van der Waals surface area contributed by atoms with Crippen LogP contribution in [0.1, 0.15) is 25.7 Å². The number of aliphatic hydroxyl groups is 1. The quantitative estimate of drug-likeness (QED) is 0.786. The first-order valence-electron chi connectivity index (χ1n) is 5.54. The minimum atomic E-state index is -1.35. The summed E-state index contributed by atoms with van der Waals surface area (Å²) in [5.74, 6) is -3.98. The van der Waals surface area contributed by atoms with Gasteiger partial charge in [0.15, 0.2) is 17.5 Å². The van der Waals surface area contributed by atoms with Crippen LogP contribution >= 0.6 is 0 Å². The van der Waals surface area contributed by atoms with Crippen molar-refractivity contribution in [2.45, 2.75) is 37.8 Å². The Balaban J connectivity index is 2.15. The van der Waals surface area contributed by atoms with Gasteiger partial charge in [-0.15, -0.1) is 0 Å². The Hall–Kier alpha value is -1.30. The van der Waals surface area contributed by atoms with E-state index in [1.807, 2.05) is 0 Å². The van der Waals surface area contributed by atoms with E-state index in [9.17, 15) is 18.3 Å². The monoisotopic (exact) mass is 246 g/mol. The van der Waals surface area contributed by atoms with Gasteiger partial charge in [0.2, 0.25) is 0 Å². The summed E-state index contributed by atoms with van der Waals surface area (Å²) in [6.45, 7) is 0. The van der Waals surface area contributed by atoms with Crippen molar-refractivity contribution < 1.29 is 18.3 Å². The lowest BCUT2D eigenvalue weighted by atomic mass is 9.92. The number of aliphatic hydroxyl groups excluding tert-OH is 1. The van der Waals surface area contributed by atoms with Gasteiger partial charge >= 0.3 is 0 Å². The molecular weight excluding hydrogens is 233 g/mol. The molecule has 0 bridgehead atoms. The molecule has 1 aromatic heterocycles. The van der Waals surface area contributed by atoms with E-state index in [2.05, 4.69) is 10.3 Å². The second-order valence-corrected chi connectivity index (χ2v) is 4.19. The van der Waals surface area contributed by atoms with Crippen molar-refractivity contribution in [2.75, 3.05) is 5.32 Å². The molecule has 1 saturated carbocycles. The molecular formula is C11H13F3N2O. The van der Waals surface area contributed by atoms with Crippen LogP contribution in [-0.2, 0) is 0 Å². The zero-order chi connectivity index (χ0) is 12.4. The van der Waals surface area contributed by atoms with Crippen LogP contribution in [0.4, 0.5) is 19.0 Å². The molecule has 2 atom stereocenters. The van der Waals surface area contributed by atoms with Crippen LogP contribution in [0.25, 0.3) is 0 Å². The maximum atomic E-state index is 13.3. The van der Waals surface area contributed by atoms with Gasteiger partial charge in [-0.2, -0.15) is 9.37 Å². The van der Waals surface area contributed by atoms with Crippen LogP contribution in [0.5, 0.6) is 0 Å². The number of anilines is 1. The third kappa shape index (κ3) is 2.69. The van der Waals surface area contributed by atoms with E-state index in [4.69, 9.17) is 0 Å². The summed E-state index contributed by atoms with van der Waals surface area (Å²) in [5.41, 5.74) is 0. The third-order valence-electron chi connectivity index (χ3n) is 2.94. The molecule has 6 heteroatoms.